The third-order valence-electron chi connectivity index (χ3n) is 2.11. The molecule has 0 aromatic rings. The molecule has 0 aliphatic heterocycles. The average molecular weight is 291 g/mol. The largest absolute Gasteiger partial charge is 0.460 e. The van der Waals surface area contributed by atoms with E-state index in [1.165, 1.54) is 0 Å². The lowest BCUT2D eigenvalue weighted by atomic mass is 10.2. The normalized spacial score (nSPS) is 11.6. The first-order valence-corrected chi connectivity index (χ1v) is 7.11. The Morgan fingerprint density at radius 3 is 1.90 bits per heavy atom. The quantitative estimate of drug-likeness (QED) is 0.429. The van der Waals surface area contributed by atoms with Gasteiger partial charge in [0.2, 0.25) is 0 Å². The van der Waals surface area contributed by atoms with Gasteiger partial charge >= 0.3 is 5.97 Å². The van der Waals surface area contributed by atoms with E-state index in [1.54, 1.807) is 0 Å². The zero-order valence-electron chi connectivity index (χ0n) is 13.0. The summed E-state index contributed by atoms with van der Waals surface area (Å²) in [4.78, 5) is 11.4. The van der Waals surface area contributed by atoms with Crippen LogP contribution in [0.5, 0.6) is 0 Å². The molecule has 0 aliphatic carbocycles. The lowest BCUT2D eigenvalue weighted by molar-refractivity contribution is -0.156. The van der Waals surface area contributed by atoms with E-state index < -0.39 is 5.60 Å². The van der Waals surface area contributed by atoms with E-state index in [4.69, 9.17) is 24.7 Å². The number of nitrogens with two attached hydrogens (primary N) is 1. The summed E-state index contributed by atoms with van der Waals surface area (Å²) in [5.74, 6) is -0.244. The maximum Gasteiger partial charge on any atom is 0.308 e. The van der Waals surface area contributed by atoms with Gasteiger partial charge in [0, 0.05) is 6.61 Å². The number of rotatable bonds is 12. The van der Waals surface area contributed by atoms with Gasteiger partial charge in [-0.25, -0.2) is 0 Å². The summed E-state index contributed by atoms with van der Waals surface area (Å²) in [5, 5.41) is 0. The second kappa shape index (κ2) is 12.1. The van der Waals surface area contributed by atoms with Crippen LogP contribution in [0.25, 0.3) is 0 Å². The molecule has 0 saturated carbocycles. The van der Waals surface area contributed by atoms with E-state index >= 15 is 0 Å². The minimum atomic E-state index is -0.440. The molecule has 120 valence electrons. The second-order valence-corrected chi connectivity index (χ2v) is 5.32. The van der Waals surface area contributed by atoms with Gasteiger partial charge in [-0.2, -0.15) is 0 Å². The van der Waals surface area contributed by atoms with Gasteiger partial charge in [-0.1, -0.05) is 0 Å². The minimum Gasteiger partial charge on any atom is -0.460 e. The van der Waals surface area contributed by atoms with Crippen LogP contribution in [0.2, 0.25) is 0 Å². The molecule has 0 unspecified atom stereocenters. The molecule has 0 spiro atoms. The average Bonchev–Trinajstić information content (AvgIpc) is 2.34. The van der Waals surface area contributed by atoms with Gasteiger partial charge in [0.05, 0.1) is 39.5 Å². The van der Waals surface area contributed by atoms with Crippen molar-refractivity contribution in [2.75, 3.05) is 46.2 Å². The molecule has 0 bridgehead atoms. The minimum absolute atomic E-state index is 0.244. The number of hydrogen-bond acceptors (Lipinski definition) is 6. The van der Waals surface area contributed by atoms with E-state index in [0.29, 0.717) is 46.2 Å². The molecule has 0 aliphatic rings. The number of esters is 1. The molecule has 0 fully saturated rings. The molecule has 0 aromatic carbocycles. The van der Waals surface area contributed by atoms with E-state index in [9.17, 15) is 4.79 Å². The van der Waals surface area contributed by atoms with E-state index in [1.807, 2.05) is 20.8 Å². The Bertz CT molecular complexity index is 240. The first kappa shape index (κ1) is 19.3. The Hall–Kier alpha value is -0.690. The fourth-order valence-electron chi connectivity index (χ4n) is 1.28. The zero-order chi connectivity index (χ0) is 15.3. The van der Waals surface area contributed by atoms with Crippen molar-refractivity contribution in [3.8, 4) is 0 Å². The van der Waals surface area contributed by atoms with Crippen LogP contribution in [-0.4, -0.2) is 57.8 Å². The molecule has 0 atom stereocenters. The Morgan fingerprint density at radius 1 is 0.900 bits per heavy atom. The van der Waals surface area contributed by atoms with E-state index in [2.05, 4.69) is 0 Å². The highest BCUT2D eigenvalue weighted by molar-refractivity contribution is 5.69. The highest BCUT2D eigenvalue weighted by Gasteiger charge is 2.15. The van der Waals surface area contributed by atoms with Crippen LogP contribution in [-0.2, 0) is 23.7 Å². The van der Waals surface area contributed by atoms with Crippen LogP contribution in [0.15, 0.2) is 0 Å². The molecule has 0 rings (SSSR count). The predicted octanol–water partition coefficient (Wildman–Crippen LogP) is 1.12. The molecular formula is C14H29NO5. The molecule has 20 heavy (non-hydrogen) atoms. The van der Waals surface area contributed by atoms with Crippen LogP contribution in [0.3, 0.4) is 0 Å². The maximum absolute atomic E-state index is 11.4. The summed E-state index contributed by atoms with van der Waals surface area (Å²) in [6.07, 6.45) is 1.13. The lowest BCUT2D eigenvalue weighted by Crippen LogP contribution is -2.24. The topological polar surface area (TPSA) is 80.0 Å². The fraction of sp³-hybridized carbons (Fsp3) is 0.929. The van der Waals surface area contributed by atoms with Crippen molar-refractivity contribution in [3.05, 3.63) is 0 Å². The molecule has 2 N–H and O–H groups in total. The summed E-state index contributed by atoms with van der Waals surface area (Å²) in [6.45, 7) is 9.27. The molecule has 0 saturated heterocycles. The highest BCUT2D eigenvalue weighted by Crippen LogP contribution is 2.07. The Morgan fingerprint density at radius 2 is 1.40 bits per heavy atom. The van der Waals surface area contributed by atoms with Crippen molar-refractivity contribution >= 4 is 5.97 Å². The zero-order valence-corrected chi connectivity index (χ0v) is 13.0. The predicted molar refractivity (Wildman–Crippen MR) is 76.6 cm³/mol. The Labute approximate surface area is 121 Å². The molecule has 0 radical (unpaired) electrons. The van der Waals surface area contributed by atoms with Gasteiger partial charge in [0.1, 0.15) is 5.60 Å². The number of carbonyl (C=O) groups is 1. The first-order chi connectivity index (χ1) is 9.45. The monoisotopic (exact) mass is 291 g/mol. The first-order valence-electron chi connectivity index (χ1n) is 7.11. The molecule has 0 amide bonds. The Kier molecular flexibility index (Phi) is 11.7. The molecule has 6 nitrogen and oxygen atoms in total. The SMILES string of the molecule is CC(C)(C)OC(=O)CCOCCOCCOCCCN. The standard InChI is InChI=1S/C14H29NO5/c1-14(2,3)20-13(16)5-8-18-10-12-19-11-9-17-7-4-6-15/h4-12,15H2,1-3H3. The smallest absolute Gasteiger partial charge is 0.308 e. The molecular weight excluding hydrogens is 262 g/mol. The summed E-state index contributed by atoms with van der Waals surface area (Å²) < 4.78 is 21.0. The van der Waals surface area contributed by atoms with Gasteiger partial charge in [-0.05, 0) is 33.7 Å². The van der Waals surface area contributed by atoms with Crippen LogP contribution < -0.4 is 5.73 Å². The van der Waals surface area contributed by atoms with Crippen molar-refractivity contribution < 1.29 is 23.7 Å². The summed E-state index contributed by atoms with van der Waals surface area (Å²) >= 11 is 0. The van der Waals surface area contributed by atoms with Crippen molar-refractivity contribution in [2.45, 2.75) is 39.2 Å². The van der Waals surface area contributed by atoms with Gasteiger partial charge in [0.25, 0.3) is 0 Å². The summed E-state index contributed by atoms with van der Waals surface area (Å²) in [7, 11) is 0. The number of ether oxygens (including phenoxy) is 4. The second-order valence-electron chi connectivity index (χ2n) is 5.32. The number of hydrogen-bond donors (Lipinski definition) is 1. The lowest BCUT2D eigenvalue weighted by Gasteiger charge is -2.19. The van der Waals surface area contributed by atoms with E-state index in [-0.39, 0.29) is 12.4 Å². The van der Waals surface area contributed by atoms with Crippen LogP contribution >= 0.6 is 0 Å². The van der Waals surface area contributed by atoms with Crippen molar-refractivity contribution in [1.29, 1.82) is 0 Å². The molecule has 6 heteroatoms. The third kappa shape index (κ3) is 15.4. The van der Waals surface area contributed by atoms with Gasteiger partial charge < -0.3 is 24.7 Å². The maximum atomic E-state index is 11.4. The molecule has 0 heterocycles. The van der Waals surface area contributed by atoms with Gasteiger partial charge in [-0.3, -0.25) is 4.79 Å². The van der Waals surface area contributed by atoms with Gasteiger partial charge in [0.15, 0.2) is 0 Å². The van der Waals surface area contributed by atoms with Crippen LogP contribution in [0.4, 0.5) is 0 Å². The van der Waals surface area contributed by atoms with Crippen LogP contribution in [0, 0.1) is 0 Å². The van der Waals surface area contributed by atoms with Crippen LogP contribution in [0.1, 0.15) is 33.6 Å². The summed E-state index contributed by atoms with van der Waals surface area (Å²) in [6, 6.07) is 0. The summed E-state index contributed by atoms with van der Waals surface area (Å²) in [5.41, 5.74) is 4.89. The molecule has 0 aromatic heterocycles. The fourth-order valence-corrected chi connectivity index (χ4v) is 1.28. The van der Waals surface area contributed by atoms with Gasteiger partial charge in [-0.15, -0.1) is 0 Å². The van der Waals surface area contributed by atoms with Crippen molar-refractivity contribution in [3.63, 3.8) is 0 Å². The third-order valence-corrected chi connectivity index (χ3v) is 2.11. The van der Waals surface area contributed by atoms with Crippen molar-refractivity contribution in [1.82, 2.24) is 0 Å². The Balaban J connectivity index is 3.19. The van der Waals surface area contributed by atoms with E-state index in [0.717, 1.165) is 6.42 Å². The highest BCUT2D eigenvalue weighted by atomic mass is 16.6. The number of carbonyl (C=O) groups excluding carboxylic acids is 1. The van der Waals surface area contributed by atoms with Crippen molar-refractivity contribution in [2.24, 2.45) is 5.73 Å².